The molecule has 0 atom stereocenters. The summed E-state index contributed by atoms with van der Waals surface area (Å²) >= 11 is 0. The Balaban J connectivity index is 1.20. The van der Waals surface area contributed by atoms with Gasteiger partial charge in [0.15, 0.2) is 0 Å². The van der Waals surface area contributed by atoms with E-state index in [1.807, 2.05) is 41.3 Å². The van der Waals surface area contributed by atoms with E-state index < -0.39 is 0 Å². The van der Waals surface area contributed by atoms with Gasteiger partial charge in [-0.25, -0.2) is 0 Å². The van der Waals surface area contributed by atoms with Gasteiger partial charge >= 0.3 is 0 Å². The summed E-state index contributed by atoms with van der Waals surface area (Å²) < 4.78 is 0. The molecule has 0 radical (unpaired) electrons. The molecule has 2 aliphatic heterocycles. The number of piperazine rings is 1. The molecule has 0 aliphatic carbocycles. The molecule has 2 amide bonds. The molecule has 2 aliphatic rings. The molecular weight excluding hydrogens is 424 g/mol. The van der Waals surface area contributed by atoms with Crippen LogP contribution >= 0.6 is 0 Å². The third-order valence-electron chi connectivity index (χ3n) is 6.86. The lowest BCUT2D eigenvalue weighted by Gasteiger charge is -2.32. The van der Waals surface area contributed by atoms with Crippen LogP contribution in [0.1, 0.15) is 29.5 Å². The van der Waals surface area contributed by atoms with E-state index in [9.17, 15) is 9.59 Å². The van der Waals surface area contributed by atoms with Gasteiger partial charge in [0.05, 0.1) is 0 Å². The second kappa shape index (κ2) is 12.0. The molecule has 2 fully saturated rings. The van der Waals surface area contributed by atoms with Crippen LogP contribution in [0.15, 0.2) is 60.7 Å². The van der Waals surface area contributed by atoms with Gasteiger partial charge in [-0.1, -0.05) is 54.6 Å². The number of piperidine rings is 1. The summed E-state index contributed by atoms with van der Waals surface area (Å²) in [7, 11) is 2.17. The molecular formula is C28H36N4O2. The van der Waals surface area contributed by atoms with E-state index in [0.29, 0.717) is 32.5 Å². The van der Waals surface area contributed by atoms with E-state index in [1.165, 1.54) is 5.56 Å². The first kappa shape index (κ1) is 24.2. The fourth-order valence-corrected chi connectivity index (χ4v) is 4.63. The Bertz CT molecular complexity index is 975. The molecule has 4 rings (SSSR count). The standard InChI is InChI=1S/C28H36N4O2/c1-30-16-18-31(19-17-30)22-25-9-5-8-24(20-25)21-29-28(34)26-12-14-32(15-13-26)27(33)11-10-23-6-3-2-4-7-23/h2-11,20,26H,12-19,21-22H2,1H3,(H,29,34)/b11-10+. The summed E-state index contributed by atoms with van der Waals surface area (Å²) in [6, 6.07) is 18.4. The van der Waals surface area contributed by atoms with Crippen LogP contribution in [0.3, 0.4) is 0 Å². The second-order valence-corrected chi connectivity index (χ2v) is 9.46. The maximum atomic E-state index is 12.7. The Morgan fingerprint density at radius 2 is 1.62 bits per heavy atom. The van der Waals surface area contributed by atoms with Crippen LogP contribution in [-0.2, 0) is 22.7 Å². The molecule has 2 heterocycles. The van der Waals surface area contributed by atoms with Crippen molar-refractivity contribution >= 4 is 17.9 Å². The number of nitrogens with one attached hydrogen (secondary N) is 1. The maximum absolute atomic E-state index is 12.7. The minimum atomic E-state index is -0.0318. The highest BCUT2D eigenvalue weighted by Gasteiger charge is 2.26. The lowest BCUT2D eigenvalue weighted by Crippen LogP contribution is -2.43. The topological polar surface area (TPSA) is 55.9 Å². The van der Waals surface area contributed by atoms with Crippen molar-refractivity contribution in [3.8, 4) is 0 Å². The minimum absolute atomic E-state index is 0.0138. The molecule has 34 heavy (non-hydrogen) atoms. The highest BCUT2D eigenvalue weighted by Crippen LogP contribution is 2.18. The van der Waals surface area contributed by atoms with Crippen molar-refractivity contribution in [2.45, 2.75) is 25.9 Å². The number of hydrogen-bond donors (Lipinski definition) is 1. The Morgan fingerprint density at radius 3 is 2.35 bits per heavy atom. The number of rotatable bonds is 7. The molecule has 0 saturated carbocycles. The molecule has 2 saturated heterocycles. The van der Waals surface area contributed by atoms with E-state index >= 15 is 0 Å². The molecule has 0 aromatic heterocycles. The van der Waals surface area contributed by atoms with Crippen molar-refractivity contribution in [2.24, 2.45) is 5.92 Å². The first-order valence-corrected chi connectivity index (χ1v) is 12.4. The first-order chi connectivity index (χ1) is 16.6. The number of carbonyl (C=O) groups excluding carboxylic acids is 2. The van der Waals surface area contributed by atoms with Gasteiger partial charge in [-0.2, -0.15) is 0 Å². The van der Waals surface area contributed by atoms with Crippen molar-refractivity contribution in [3.63, 3.8) is 0 Å². The van der Waals surface area contributed by atoms with Gasteiger partial charge < -0.3 is 15.1 Å². The zero-order chi connectivity index (χ0) is 23.8. The number of amides is 2. The van der Waals surface area contributed by atoms with E-state index in [0.717, 1.165) is 43.9 Å². The van der Waals surface area contributed by atoms with Gasteiger partial charge in [-0.05, 0) is 42.7 Å². The molecule has 180 valence electrons. The summed E-state index contributed by atoms with van der Waals surface area (Å²) in [4.78, 5) is 31.9. The van der Waals surface area contributed by atoms with E-state index in [2.05, 4.69) is 46.4 Å². The average Bonchev–Trinajstić information content (AvgIpc) is 2.88. The van der Waals surface area contributed by atoms with E-state index in [-0.39, 0.29) is 17.7 Å². The maximum Gasteiger partial charge on any atom is 0.246 e. The van der Waals surface area contributed by atoms with Crippen molar-refractivity contribution in [3.05, 3.63) is 77.4 Å². The Hall–Kier alpha value is -2.96. The van der Waals surface area contributed by atoms with Gasteiger partial charge in [0.2, 0.25) is 11.8 Å². The zero-order valence-corrected chi connectivity index (χ0v) is 20.2. The van der Waals surface area contributed by atoms with Gasteiger partial charge in [0.25, 0.3) is 0 Å². The largest absolute Gasteiger partial charge is 0.352 e. The molecule has 2 aromatic carbocycles. The van der Waals surface area contributed by atoms with Crippen LogP contribution in [0, 0.1) is 5.92 Å². The van der Waals surface area contributed by atoms with Gasteiger partial charge in [-0.3, -0.25) is 14.5 Å². The third kappa shape index (κ3) is 7.02. The Labute approximate surface area is 203 Å². The third-order valence-corrected chi connectivity index (χ3v) is 6.86. The van der Waals surface area contributed by atoms with Gasteiger partial charge in [-0.15, -0.1) is 0 Å². The molecule has 2 aromatic rings. The molecule has 0 unspecified atom stereocenters. The van der Waals surface area contributed by atoms with Crippen LogP contribution in [0.5, 0.6) is 0 Å². The molecule has 1 N–H and O–H groups in total. The van der Waals surface area contributed by atoms with Crippen molar-refractivity contribution in [1.29, 1.82) is 0 Å². The smallest absolute Gasteiger partial charge is 0.246 e. The number of likely N-dealkylation sites (N-methyl/N-ethyl adjacent to an activating group) is 1. The number of hydrogen-bond acceptors (Lipinski definition) is 4. The molecule has 0 spiro atoms. The van der Waals surface area contributed by atoms with Crippen LogP contribution in [0.4, 0.5) is 0 Å². The summed E-state index contributed by atoms with van der Waals surface area (Å²) in [5.74, 6) is 0.0759. The Kier molecular flexibility index (Phi) is 8.50. The van der Waals surface area contributed by atoms with Crippen LogP contribution in [-0.4, -0.2) is 72.8 Å². The lowest BCUT2D eigenvalue weighted by molar-refractivity contribution is -0.132. The second-order valence-electron chi connectivity index (χ2n) is 9.46. The predicted octanol–water partition coefficient (Wildman–Crippen LogP) is 3.00. The number of carbonyl (C=O) groups is 2. The predicted molar refractivity (Wildman–Crippen MR) is 136 cm³/mol. The fourth-order valence-electron chi connectivity index (χ4n) is 4.63. The lowest BCUT2D eigenvalue weighted by atomic mass is 9.95. The number of nitrogens with zero attached hydrogens (tertiary/aromatic N) is 3. The van der Waals surface area contributed by atoms with Crippen LogP contribution < -0.4 is 5.32 Å². The van der Waals surface area contributed by atoms with Crippen LogP contribution in [0.2, 0.25) is 0 Å². The highest BCUT2D eigenvalue weighted by atomic mass is 16.2. The summed E-state index contributed by atoms with van der Waals surface area (Å²) in [6.45, 7) is 7.18. The SMILES string of the molecule is CN1CCN(Cc2cccc(CNC(=O)C3CCN(C(=O)/C=C/c4ccccc4)CC3)c2)CC1. The molecule has 6 nitrogen and oxygen atoms in total. The van der Waals surface area contributed by atoms with Gasteiger partial charge in [0, 0.05) is 64.4 Å². The van der Waals surface area contributed by atoms with E-state index in [4.69, 9.17) is 0 Å². The molecule has 6 heteroatoms. The quantitative estimate of drug-likeness (QED) is 0.646. The number of benzene rings is 2. The highest BCUT2D eigenvalue weighted by molar-refractivity contribution is 5.92. The van der Waals surface area contributed by atoms with Crippen molar-refractivity contribution in [1.82, 2.24) is 20.0 Å². The minimum Gasteiger partial charge on any atom is -0.352 e. The zero-order valence-electron chi connectivity index (χ0n) is 20.2. The average molecular weight is 461 g/mol. The van der Waals surface area contributed by atoms with Crippen molar-refractivity contribution < 1.29 is 9.59 Å². The summed E-state index contributed by atoms with van der Waals surface area (Å²) in [5.41, 5.74) is 3.45. The normalized spacial score (nSPS) is 18.3. The van der Waals surface area contributed by atoms with Gasteiger partial charge in [0.1, 0.15) is 0 Å². The Morgan fingerprint density at radius 1 is 0.912 bits per heavy atom. The molecule has 0 bridgehead atoms. The monoisotopic (exact) mass is 460 g/mol. The van der Waals surface area contributed by atoms with E-state index in [1.54, 1.807) is 6.08 Å². The first-order valence-electron chi connectivity index (χ1n) is 12.4. The fraction of sp³-hybridized carbons (Fsp3) is 0.429. The summed E-state index contributed by atoms with van der Waals surface area (Å²) in [6.07, 6.45) is 4.89. The summed E-state index contributed by atoms with van der Waals surface area (Å²) in [5, 5.41) is 3.12. The van der Waals surface area contributed by atoms with Crippen molar-refractivity contribution in [2.75, 3.05) is 46.3 Å². The number of likely N-dealkylation sites (tertiary alicyclic amines) is 1. The van der Waals surface area contributed by atoms with Crippen LogP contribution in [0.25, 0.3) is 6.08 Å².